The molecule has 0 amide bonds. The first kappa shape index (κ1) is 28.1. The SMILES string of the molecule is CC(O)C1OC(Oc2cc(O)c3c(=O)c(OC4OC(CO)C(O)C4O)c(-c4ccc(O)cc4)oc3c2)C(O)C1O. The Morgan fingerprint density at radius 2 is 1.55 bits per heavy atom. The fourth-order valence-electron chi connectivity index (χ4n) is 4.62. The van der Waals surface area contributed by atoms with E-state index in [-0.39, 0.29) is 33.8 Å². The molecule has 2 aliphatic rings. The summed E-state index contributed by atoms with van der Waals surface area (Å²) in [6.45, 7) is 0.734. The average Bonchev–Trinajstić information content (AvgIpc) is 3.35. The highest BCUT2D eigenvalue weighted by atomic mass is 16.7. The number of hydrogen-bond acceptors (Lipinski definition) is 14. The predicted molar refractivity (Wildman–Crippen MR) is 133 cm³/mol. The number of aromatic hydroxyl groups is 2. The van der Waals surface area contributed by atoms with Crippen molar-refractivity contribution in [3.8, 4) is 34.3 Å². The summed E-state index contributed by atoms with van der Waals surface area (Å²) in [5.41, 5.74) is -0.855. The van der Waals surface area contributed by atoms with Crippen molar-refractivity contribution >= 4 is 11.0 Å². The van der Waals surface area contributed by atoms with Crippen molar-refractivity contribution in [2.45, 2.75) is 62.2 Å². The Morgan fingerprint density at radius 1 is 0.900 bits per heavy atom. The molecule has 40 heavy (non-hydrogen) atoms. The number of benzene rings is 2. The van der Waals surface area contributed by atoms with Gasteiger partial charge in [0.1, 0.15) is 64.8 Å². The van der Waals surface area contributed by atoms with Crippen LogP contribution in [-0.4, -0.2) is 103 Å². The molecule has 0 radical (unpaired) electrons. The van der Waals surface area contributed by atoms with Crippen molar-refractivity contribution < 1.29 is 64.2 Å². The normalized spacial score (nSPS) is 31.0. The van der Waals surface area contributed by atoms with Crippen LogP contribution >= 0.6 is 0 Å². The van der Waals surface area contributed by atoms with Crippen molar-refractivity contribution in [3.63, 3.8) is 0 Å². The molecule has 0 aliphatic carbocycles. The van der Waals surface area contributed by atoms with Gasteiger partial charge >= 0.3 is 0 Å². The maximum absolute atomic E-state index is 13.6. The van der Waals surface area contributed by atoms with Gasteiger partial charge in [-0.05, 0) is 31.2 Å². The van der Waals surface area contributed by atoms with Gasteiger partial charge in [0, 0.05) is 17.7 Å². The Morgan fingerprint density at radius 3 is 2.15 bits per heavy atom. The van der Waals surface area contributed by atoms with E-state index in [0.717, 1.165) is 6.07 Å². The van der Waals surface area contributed by atoms with E-state index in [9.17, 15) is 45.6 Å². The summed E-state index contributed by atoms with van der Waals surface area (Å²) in [6.07, 6.45) is -12.6. The predicted octanol–water partition coefficient (Wildman–Crippen LogP) is -1.10. The zero-order valence-electron chi connectivity index (χ0n) is 20.9. The topological polar surface area (TPSA) is 229 Å². The number of aliphatic hydroxyl groups is 6. The molecule has 0 spiro atoms. The number of phenolic OH excluding ortho intramolecular Hbond substituents is 2. The van der Waals surface area contributed by atoms with E-state index in [1.807, 2.05) is 0 Å². The van der Waals surface area contributed by atoms with Gasteiger partial charge in [-0.3, -0.25) is 4.79 Å². The maximum atomic E-state index is 13.6. The average molecular weight is 564 g/mol. The van der Waals surface area contributed by atoms with Crippen LogP contribution in [0.1, 0.15) is 6.92 Å². The van der Waals surface area contributed by atoms with Gasteiger partial charge in [0.2, 0.25) is 23.8 Å². The molecule has 3 aromatic rings. The van der Waals surface area contributed by atoms with Crippen LogP contribution in [0.2, 0.25) is 0 Å². The van der Waals surface area contributed by atoms with Gasteiger partial charge in [-0.1, -0.05) is 0 Å². The fraction of sp³-hybridized carbons (Fsp3) is 0.423. The lowest BCUT2D eigenvalue weighted by atomic mass is 10.1. The molecule has 0 bridgehead atoms. The van der Waals surface area contributed by atoms with E-state index in [1.165, 1.54) is 37.3 Å². The largest absolute Gasteiger partial charge is 0.508 e. The molecule has 0 saturated carbocycles. The second-order valence-electron chi connectivity index (χ2n) is 9.59. The molecule has 2 fully saturated rings. The van der Waals surface area contributed by atoms with Crippen molar-refractivity contribution in [2.24, 2.45) is 0 Å². The summed E-state index contributed by atoms with van der Waals surface area (Å²) in [6, 6.07) is 7.70. The van der Waals surface area contributed by atoms with E-state index >= 15 is 0 Å². The third-order valence-electron chi connectivity index (χ3n) is 6.75. The second-order valence-corrected chi connectivity index (χ2v) is 9.59. The van der Waals surface area contributed by atoms with E-state index in [4.69, 9.17) is 23.4 Å². The Hall–Kier alpha value is -3.47. The lowest BCUT2D eigenvalue weighted by molar-refractivity contribution is -0.128. The van der Waals surface area contributed by atoms with E-state index in [0.29, 0.717) is 0 Å². The molecule has 5 rings (SSSR count). The number of aliphatic hydroxyl groups excluding tert-OH is 6. The Kier molecular flexibility index (Phi) is 7.60. The molecule has 1 aromatic heterocycles. The van der Waals surface area contributed by atoms with Crippen LogP contribution in [-0.2, 0) is 9.47 Å². The molecule has 2 aromatic carbocycles. The van der Waals surface area contributed by atoms with Gasteiger partial charge < -0.3 is 64.2 Å². The van der Waals surface area contributed by atoms with Crippen molar-refractivity contribution in [1.82, 2.24) is 0 Å². The van der Waals surface area contributed by atoms with Crippen LogP contribution < -0.4 is 14.9 Å². The summed E-state index contributed by atoms with van der Waals surface area (Å²) in [7, 11) is 0. The van der Waals surface area contributed by atoms with Gasteiger partial charge in [0.15, 0.2) is 5.76 Å². The number of ether oxygens (including phenoxy) is 4. The summed E-state index contributed by atoms with van der Waals surface area (Å²) in [5.74, 6) is -1.53. The molecule has 216 valence electrons. The van der Waals surface area contributed by atoms with Crippen LogP contribution in [0.15, 0.2) is 45.6 Å². The number of rotatable bonds is 7. The highest BCUT2D eigenvalue weighted by Crippen LogP contribution is 2.38. The minimum Gasteiger partial charge on any atom is -0.508 e. The van der Waals surface area contributed by atoms with E-state index < -0.39 is 78.8 Å². The van der Waals surface area contributed by atoms with Crippen molar-refractivity contribution in [3.05, 3.63) is 46.6 Å². The highest BCUT2D eigenvalue weighted by molar-refractivity contribution is 5.88. The smallest absolute Gasteiger partial charge is 0.239 e. The molecular formula is C26H28O14. The van der Waals surface area contributed by atoms with Gasteiger partial charge in [-0.25, -0.2) is 0 Å². The lowest BCUT2D eigenvalue weighted by Crippen LogP contribution is -2.38. The Labute approximate surface area is 225 Å². The monoisotopic (exact) mass is 564 g/mol. The summed E-state index contributed by atoms with van der Waals surface area (Å²) < 4.78 is 27.9. The molecule has 2 saturated heterocycles. The molecule has 9 unspecified atom stereocenters. The lowest BCUT2D eigenvalue weighted by Gasteiger charge is -2.20. The van der Waals surface area contributed by atoms with Gasteiger partial charge in [-0.15, -0.1) is 0 Å². The van der Waals surface area contributed by atoms with Crippen molar-refractivity contribution in [1.29, 1.82) is 0 Å². The first-order valence-electron chi connectivity index (χ1n) is 12.3. The first-order valence-corrected chi connectivity index (χ1v) is 12.3. The minimum atomic E-state index is -1.64. The maximum Gasteiger partial charge on any atom is 0.239 e. The molecule has 8 N–H and O–H groups in total. The summed E-state index contributed by atoms with van der Waals surface area (Å²) in [5, 5.41) is 80.1. The summed E-state index contributed by atoms with van der Waals surface area (Å²) in [4.78, 5) is 13.6. The van der Waals surface area contributed by atoms with Crippen LogP contribution in [0.5, 0.6) is 23.0 Å². The van der Waals surface area contributed by atoms with Crippen molar-refractivity contribution in [2.75, 3.05) is 6.61 Å². The Balaban J connectivity index is 1.57. The molecule has 14 heteroatoms. The number of fused-ring (bicyclic) bond motifs is 1. The third-order valence-corrected chi connectivity index (χ3v) is 6.75. The van der Waals surface area contributed by atoms with Gasteiger partial charge in [0.05, 0.1) is 12.7 Å². The van der Waals surface area contributed by atoms with Crippen LogP contribution in [0.3, 0.4) is 0 Å². The molecule has 14 nitrogen and oxygen atoms in total. The molecule has 3 heterocycles. The number of hydrogen-bond donors (Lipinski definition) is 8. The molecule has 9 atom stereocenters. The standard InChI is InChI=1S/C26H28O14/c1-9(28)22-19(33)21(35)25(39-22)36-12-6-13(30)16-14(7-12)37-23(10-2-4-11(29)5-3-10)24(18(16)32)40-26-20(34)17(31)15(8-27)38-26/h2-7,9,15,17,19-22,25-31,33-35H,8H2,1H3. The molecular weight excluding hydrogens is 536 g/mol. The Bertz CT molecular complexity index is 1420. The quantitative estimate of drug-likeness (QED) is 0.170. The highest BCUT2D eigenvalue weighted by Gasteiger charge is 2.47. The van der Waals surface area contributed by atoms with Crippen LogP contribution in [0.4, 0.5) is 0 Å². The fourth-order valence-corrected chi connectivity index (χ4v) is 4.62. The van der Waals surface area contributed by atoms with Crippen LogP contribution in [0.25, 0.3) is 22.3 Å². The van der Waals surface area contributed by atoms with Gasteiger partial charge in [0.25, 0.3) is 0 Å². The van der Waals surface area contributed by atoms with Crippen LogP contribution in [0, 0.1) is 0 Å². The zero-order chi connectivity index (χ0) is 28.9. The van der Waals surface area contributed by atoms with Gasteiger partial charge in [-0.2, -0.15) is 0 Å². The zero-order valence-corrected chi connectivity index (χ0v) is 20.9. The minimum absolute atomic E-state index is 0.0843. The van der Waals surface area contributed by atoms with E-state index in [1.54, 1.807) is 0 Å². The summed E-state index contributed by atoms with van der Waals surface area (Å²) >= 11 is 0. The molecule has 2 aliphatic heterocycles. The second kappa shape index (κ2) is 10.8. The number of phenols is 2. The first-order chi connectivity index (χ1) is 19.0. The van der Waals surface area contributed by atoms with E-state index in [2.05, 4.69) is 0 Å². The third kappa shape index (κ3) is 4.95.